The molecule has 1 aromatic rings. The maximum absolute atomic E-state index is 6.01. The highest BCUT2D eigenvalue weighted by atomic mass is 32.2. The Labute approximate surface area is 138 Å². The molecule has 1 saturated carbocycles. The summed E-state index contributed by atoms with van der Waals surface area (Å²) >= 11 is 7.13. The number of thiocarbonyl (C=S) groups is 1. The molecule has 2 N–H and O–H groups in total. The van der Waals surface area contributed by atoms with Crippen molar-refractivity contribution in [2.75, 3.05) is 24.2 Å². The maximum Gasteiger partial charge on any atom is 0.107 e. The molecular weight excluding hydrogens is 296 g/mol. The molecule has 0 bridgehead atoms. The molecule has 0 radical (unpaired) electrons. The zero-order valence-corrected chi connectivity index (χ0v) is 14.7. The maximum atomic E-state index is 6.01. The number of hydrogen-bond acceptors (Lipinski definition) is 3. The van der Waals surface area contributed by atoms with E-state index in [1.165, 1.54) is 42.7 Å². The summed E-state index contributed by atoms with van der Waals surface area (Å²) in [5.41, 5.74) is 8.25. The van der Waals surface area contributed by atoms with Gasteiger partial charge in [-0.1, -0.05) is 44.5 Å². The minimum absolute atomic E-state index is 0.511. The van der Waals surface area contributed by atoms with E-state index in [-0.39, 0.29) is 0 Å². The van der Waals surface area contributed by atoms with Crippen LogP contribution < -0.4 is 10.6 Å². The number of nitrogens with two attached hydrogens (primary N) is 1. The van der Waals surface area contributed by atoms with Crippen LogP contribution in [0.1, 0.15) is 44.6 Å². The van der Waals surface area contributed by atoms with Crippen LogP contribution in [0.4, 0.5) is 5.69 Å². The van der Waals surface area contributed by atoms with Crippen molar-refractivity contribution in [2.45, 2.75) is 43.9 Å². The van der Waals surface area contributed by atoms with Crippen molar-refractivity contribution < 1.29 is 0 Å². The zero-order chi connectivity index (χ0) is 15.2. The van der Waals surface area contributed by atoms with Gasteiger partial charge in [0.2, 0.25) is 0 Å². The molecule has 0 atom stereocenters. The lowest BCUT2D eigenvalue weighted by molar-refractivity contribution is 0.362. The van der Waals surface area contributed by atoms with Gasteiger partial charge >= 0.3 is 0 Å². The van der Waals surface area contributed by atoms with Crippen molar-refractivity contribution in [1.29, 1.82) is 0 Å². The highest BCUT2D eigenvalue weighted by Crippen LogP contribution is 2.32. The minimum atomic E-state index is 0.511. The molecule has 1 fully saturated rings. The lowest BCUT2D eigenvalue weighted by Crippen LogP contribution is -2.29. The zero-order valence-electron chi connectivity index (χ0n) is 13.1. The Morgan fingerprint density at radius 2 is 2.05 bits per heavy atom. The summed E-state index contributed by atoms with van der Waals surface area (Å²) in [4.78, 5) is 4.07. The van der Waals surface area contributed by atoms with Crippen LogP contribution in [-0.2, 0) is 0 Å². The predicted octanol–water partition coefficient (Wildman–Crippen LogP) is 4.45. The molecule has 0 amide bonds. The second kappa shape index (κ2) is 8.04. The Morgan fingerprint density at radius 3 is 2.67 bits per heavy atom. The second-order valence-electron chi connectivity index (χ2n) is 5.83. The first kappa shape index (κ1) is 16.6. The summed E-state index contributed by atoms with van der Waals surface area (Å²) in [5, 5.41) is 0. The van der Waals surface area contributed by atoms with Crippen LogP contribution in [0, 0.1) is 5.92 Å². The highest BCUT2D eigenvalue weighted by molar-refractivity contribution is 7.99. The standard InChI is InChI=1S/C17H26N2S2/c1-3-21-15-11-7-10-14(16(15)17(18)20)19(2)12-13-8-5-4-6-9-13/h7,10-11,13H,3-6,8-9,12H2,1-2H3,(H2,18,20). The molecule has 1 aliphatic carbocycles. The molecule has 116 valence electrons. The highest BCUT2D eigenvalue weighted by Gasteiger charge is 2.19. The summed E-state index contributed by atoms with van der Waals surface area (Å²) in [6.07, 6.45) is 6.88. The molecule has 0 aliphatic heterocycles. The van der Waals surface area contributed by atoms with Crippen molar-refractivity contribution in [3.05, 3.63) is 23.8 Å². The number of nitrogens with zero attached hydrogens (tertiary/aromatic N) is 1. The van der Waals surface area contributed by atoms with Crippen molar-refractivity contribution in [3.8, 4) is 0 Å². The summed E-state index contributed by atoms with van der Waals surface area (Å²) in [5.74, 6) is 1.84. The van der Waals surface area contributed by atoms with Gasteiger partial charge in [-0.25, -0.2) is 0 Å². The number of hydrogen-bond donors (Lipinski definition) is 1. The topological polar surface area (TPSA) is 29.3 Å². The summed E-state index contributed by atoms with van der Waals surface area (Å²) in [6.45, 7) is 3.27. The number of anilines is 1. The van der Waals surface area contributed by atoms with E-state index in [0.717, 1.165) is 23.8 Å². The normalized spacial score (nSPS) is 15.9. The Morgan fingerprint density at radius 1 is 1.33 bits per heavy atom. The molecular formula is C17H26N2S2. The van der Waals surface area contributed by atoms with Crippen molar-refractivity contribution in [1.82, 2.24) is 0 Å². The van der Waals surface area contributed by atoms with E-state index in [2.05, 4.69) is 37.1 Å². The van der Waals surface area contributed by atoms with Crippen LogP contribution >= 0.6 is 24.0 Å². The number of rotatable bonds is 6. The fraction of sp³-hybridized carbons (Fsp3) is 0.588. The van der Waals surface area contributed by atoms with E-state index in [1.54, 1.807) is 0 Å². The first-order valence-electron chi connectivity index (χ1n) is 7.90. The third-order valence-electron chi connectivity index (χ3n) is 4.22. The number of thioether (sulfide) groups is 1. The van der Waals surface area contributed by atoms with Crippen LogP contribution in [0.5, 0.6) is 0 Å². The van der Waals surface area contributed by atoms with Gasteiger partial charge < -0.3 is 10.6 Å². The first-order valence-corrected chi connectivity index (χ1v) is 9.29. The SMILES string of the molecule is CCSc1cccc(N(C)CC2CCCCC2)c1C(N)=S. The average Bonchev–Trinajstić information content (AvgIpc) is 2.48. The van der Waals surface area contributed by atoms with Gasteiger partial charge in [0.05, 0.1) is 0 Å². The Kier molecular flexibility index (Phi) is 6.37. The van der Waals surface area contributed by atoms with Gasteiger partial charge in [0.15, 0.2) is 0 Å². The lowest BCUT2D eigenvalue weighted by atomic mass is 9.89. The molecule has 2 rings (SSSR count). The third kappa shape index (κ3) is 4.36. The van der Waals surface area contributed by atoms with Gasteiger partial charge in [0.25, 0.3) is 0 Å². The summed E-state index contributed by atoms with van der Waals surface area (Å²) < 4.78 is 0. The fourth-order valence-corrected chi connectivity index (χ4v) is 4.34. The van der Waals surface area contributed by atoms with Crippen LogP contribution in [-0.4, -0.2) is 24.3 Å². The number of benzene rings is 1. The molecule has 4 heteroatoms. The summed E-state index contributed by atoms with van der Waals surface area (Å²) in [6, 6.07) is 6.39. The van der Waals surface area contributed by atoms with Crippen LogP contribution in [0.15, 0.2) is 23.1 Å². The van der Waals surface area contributed by atoms with Crippen LogP contribution in [0.25, 0.3) is 0 Å². The lowest BCUT2D eigenvalue weighted by Gasteiger charge is -2.30. The molecule has 1 aliphatic rings. The van der Waals surface area contributed by atoms with Gasteiger partial charge in [-0.15, -0.1) is 11.8 Å². The molecule has 0 spiro atoms. The molecule has 1 aromatic carbocycles. The van der Waals surface area contributed by atoms with Gasteiger partial charge in [-0.3, -0.25) is 0 Å². The van der Waals surface area contributed by atoms with E-state index >= 15 is 0 Å². The van der Waals surface area contributed by atoms with Crippen LogP contribution in [0.2, 0.25) is 0 Å². The molecule has 2 nitrogen and oxygen atoms in total. The smallest absolute Gasteiger partial charge is 0.107 e. The minimum Gasteiger partial charge on any atom is -0.389 e. The third-order valence-corrected chi connectivity index (χ3v) is 5.36. The average molecular weight is 323 g/mol. The summed E-state index contributed by atoms with van der Waals surface area (Å²) in [7, 11) is 2.17. The monoisotopic (exact) mass is 322 g/mol. The van der Waals surface area contributed by atoms with Gasteiger partial charge in [-0.05, 0) is 36.6 Å². The van der Waals surface area contributed by atoms with Gasteiger partial charge in [-0.2, -0.15) is 0 Å². The Bertz CT molecular complexity index is 482. The van der Waals surface area contributed by atoms with E-state index in [4.69, 9.17) is 18.0 Å². The van der Waals surface area contributed by atoms with E-state index < -0.39 is 0 Å². The van der Waals surface area contributed by atoms with E-state index in [1.807, 2.05) is 11.8 Å². The molecule has 0 heterocycles. The van der Waals surface area contributed by atoms with Crippen molar-refractivity contribution in [2.24, 2.45) is 11.7 Å². The fourth-order valence-electron chi connectivity index (χ4n) is 3.22. The van der Waals surface area contributed by atoms with Crippen molar-refractivity contribution >= 4 is 34.7 Å². The van der Waals surface area contributed by atoms with Crippen molar-refractivity contribution in [3.63, 3.8) is 0 Å². The Balaban J connectivity index is 2.20. The molecule has 0 aromatic heterocycles. The van der Waals surface area contributed by atoms with Gasteiger partial charge in [0, 0.05) is 29.7 Å². The van der Waals surface area contributed by atoms with Gasteiger partial charge in [0.1, 0.15) is 4.99 Å². The molecule has 0 saturated heterocycles. The van der Waals surface area contributed by atoms with Crippen LogP contribution in [0.3, 0.4) is 0 Å². The van der Waals surface area contributed by atoms with E-state index in [0.29, 0.717) is 4.99 Å². The predicted molar refractivity (Wildman–Crippen MR) is 98.6 cm³/mol. The molecule has 0 unspecified atom stereocenters. The first-order chi connectivity index (χ1) is 10.1. The Hall–Kier alpha value is -0.740. The molecule has 21 heavy (non-hydrogen) atoms. The largest absolute Gasteiger partial charge is 0.389 e. The second-order valence-corrected chi connectivity index (χ2v) is 7.58. The van der Waals surface area contributed by atoms with E-state index in [9.17, 15) is 0 Å². The quantitative estimate of drug-likeness (QED) is 0.619.